The van der Waals surface area contributed by atoms with Crippen molar-refractivity contribution >= 4 is 16.8 Å². The molecule has 0 N–H and O–H groups in total. The van der Waals surface area contributed by atoms with Crippen molar-refractivity contribution in [2.24, 2.45) is 0 Å². The Hall–Kier alpha value is -1.22. The van der Waals surface area contributed by atoms with Crippen LogP contribution in [0.5, 0.6) is 11.5 Å². The van der Waals surface area contributed by atoms with Gasteiger partial charge >= 0.3 is 0 Å². The Morgan fingerprint density at radius 2 is 2.00 bits per heavy atom. The monoisotopic (exact) mass is 242 g/mol. The molecule has 3 nitrogen and oxygen atoms in total. The zero-order chi connectivity index (χ0) is 12.1. The van der Waals surface area contributed by atoms with Gasteiger partial charge in [-0.2, -0.15) is 0 Å². The van der Waals surface area contributed by atoms with Crippen molar-refractivity contribution in [2.75, 3.05) is 14.2 Å². The summed E-state index contributed by atoms with van der Waals surface area (Å²) in [5.41, 5.74) is 1.92. The van der Waals surface area contributed by atoms with Crippen LogP contribution in [-0.4, -0.2) is 19.5 Å². The van der Waals surface area contributed by atoms with E-state index in [1.165, 1.54) is 0 Å². The van der Waals surface area contributed by atoms with Gasteiger partial charge in [0.15, 0.2) is 0 Å². The molecule has 0 unspecified atom stereocenters. The summed E-state index contributed by atoms with van der Waals surface area (Å²) >= 11 is 5.33. The van der Waals surface area contributed by atoms with Gasteiger partial charge in [-0.1, -0.05) is 0 Å². The highest BCUT2D eigenvalue weighted by Gasteiger charge is 2.10. The molecule has 1 aromatic rings. The summed E-state index contributed by atoms with van der Waals surface area (Å²) in [5.74, 6) is 1.55. The number of hydrogen-bond donors (Lipinski definition) is 0. The minimum atomic E-state index is -0.345. The fraction of sp³-hybridized carbons (Fsp3) is 0.417. The number of hydrogen-bond acceptors (Lipinski definition) is 3. The molecule has 0 amide bonds. The van der Waals surface area contributed by atoms with E-state index in [4.69, 9.17) is 21.1 Å². The van der Waals surface area contributed by atoms with Crippen molar-refractivity contribution in [2.45, 2.75) is 19.8 Å². The molecule has 0 radical (unpaired) electrons. The average molecular weight is 243 g/mol. The second-order valence-electron chi connectivity index (χ2n) is 3.49. The minimum absolute atomic E-state index is 0.296. The number of aryl methyl sites for hydroxylation is 2. The van der Waals surface area contributed by atoms with Crippen LogP contribution < -0.4 is 9.47 Å². The molecule has 0 saturated heterocycles. The van der Waals surface area contributed by atoms with E-state index in [1.807, 2.05) is 19.1 Å². The van der Waals surface area contributed by atoms with E-state index in [0.717, 1.165) is 22.6 Å². The van der Waals surface area contributed by atoms with Gasteiger partial charge in [0.1, 0.15) is 11.5 Å². The molecule has 1 aromatic carbocycles. The van der Waals surface area contributed by atoms with Crippen LogP contribution in [-0.2, 0) is 11.2 Å². The van der Waals surface area contributed by atoms with Crippen LogP contribution in [0.4, 0.5) is 0 Å². The SMILES string of the molecule is COc1cc(C)c(OC)c(CCC(=O)Cl)c1. The van der Waals surface area contributed by atoms with Crippen molar-refractivity contribution in [1.82, 2.24) is 0 Å². The Labute approximate surface area is 100 Å². The summed E-state index contributed by atoms with van der Waals surface area (Å²) in [5, 5.41) is -0.345. The predicted octanol–water partition coefficient (Wildman–Crippen LogP) is 2.71. The first kappa shape index (κ1) is 12.8. The summed E-state index contributed by atoms with van der Waals surface area (Å²) in [6, 6.07) is 3.76. The van der Waals surface area contributed by atoms with Gasteiger partial charge < -0.3 is 9.47 Å². The van der Waals surface area contributed by atoms with E-state index in [2.05, 4.69) is 0 Å². The quantitative estimate of drug-likeness (QED) is 0.745. The standard InChI is InChI=1S/C12H15ClO3/c1-8-6-10(15-2)7-9(12(8)16-3)4-5-11(13)14/h6-7H,4-5H2,1-3H3. The van der Waals surface area contributed by atoms with Gasteiger partial charge in [-0.15, -0.1) is 0 Å². The first-order valence-corrected chi connectivity index (χ1v) is 5.36. The fourth-order valence-electron chi connectivity index (χ4n) is 1.64. The third-order valence-corrected chi connectivity index (χ3v) is 2.54. The largest absolute Gasteiger partial charge is 0.497 e. The summed E-state index contributed by atoms with van der Waals surface area (Å²) < 4.78 is 10.5. The van der Waals surface area contributed by atoms with Crippen LogP contribution >= 0.6 is 11.6 Å². The van der Waals surface area contributed by atoms with Crippen LogP contribution in [0.1, 0.15) is 17.5 Å². The van der Waals surface area contributed by atoms with Crippen LogP contribution in [0.2, 0.25) is 0 Å². The number of methoxy groups -OCH3 is 2. The summed E-state index contributed by atoms with van der Waals surface area (Å²) in [4.78, 5) is 10.7. The van der Waals surface area contributed by atoms with Gasteiger partial charge in [-0.3, -0.25) is 4.79 Å². The van der Waals surface area contributed by atoms with E-state index in [9.17, 15) is 4.79 Å². The normalized spacial score (nSPS) is 10.0. The van der Waals surface area contributed by atoms with Gasteiger partial charge in [0.25, 0.3) is 0 Å². The number of rotatable bonds is 5. The molecule has 0 atom stereocenters. The molecule has 0 aliphatic rings. The lowest BCUT2D eigenvalue weighted by Gasteiger charge is -2.12. The highest BCUT2D eigenvalue weighted by Crippen LogP contribution is 2.29. The van der Waals surface area contributed by atoms with Crippen molar-refractivity contribution in [3.8, 4) is 11.5 Å². The zero-order valence-corrected chi connectivity index (χ0v) is 10.4. The van der Waals surface area contributed by atoms with Crippen LogP contribution in [0, 0.1) is 6.92 Å². The third kappa shape index (κ3) is 3.14. The number of ether oxygens (including phenoxy) is 2. The molecule has 4 heteroatoms. The topological polar surface area (TPSA) is 35.5 Å². The maximum absolute atomic E-state index is 10.7. The Morgan fingerprint density at radius 1 is 1.31 bits per heavy atom. The number of carbonyl (C=O) groups excluding carboxylic acids is 1. The van der Waals surface area contributed by atoms with Crippen LogP contribution in [0.3, 0.4) is 0 Å². The molecule has 0 aliphatic heterocycles. The predicted molar refractivity (Wildman–Crippen MR) is 63.5 cm³/mol. The molecule has 0 bridgehead atoms. The summed E-state index contributed by atoms with van der Waals surface area (Å²) in [7, 11) is 3.22. The molecule has 1 rings (SSSR count). The van der Waals surface area contributed by atoms with E-state index in [1.54, 1.807) is 14.2 Å². The molecule has 0 spiro atoms. The van der Waals surface area contributed by atoms with Gasteiger partial charge in [0, 0.05) is 6.42 Å². The smallest absolute Gasteiger partial charge is 0.221 e. The average Bonchev–Trinajstić information content (AvgIpc) is 2.25. The number of benzene rings is 1. The van der Waals surface area contributed by atoms with E-state index in [-0.39, 0.29) is 5.24 Å². The second-order valence-corrected chi connectivity index (χ2v) is 3.91. The second kappa shape index (κ2) is 5.75. The lowest BCUT2D eigenvalue weighted by molar-refractivity contribution is -0.111. The molecular weight excluding hydrogens is 228 g/mol. The molecule has 0 aromatic heterocycles. The first-order valence-electron chi connectivity index (χ1n) is 4.98. The van der Waals surface area contributed by atoms with Crippen molar-refractivity contribution in [3.63, 3.8) is 0 Å². The Bertz CT molecular complexity index is 388. The maximum atomic E-state index is 10.7. The van der Waals surface area contributed by atoms with E-state index >= 15 is 0 Å². The van der Waals surface area contributed by atoms with Gasteiger partial charge in [-0.25, -0.2) is 0 Å². The molecule has 0 saturated carbocycles. The van der Waals surface area contributed by atoms with Gasteiger partial charge in [0.2, 0.25) is 5.24 Å². The molecular formula is C12H15ClO3. The van der Waals surface area contributed by atoms with Crippen molar-refractivity contribution in [1.29, 1.82) is 0 Å². The zero-order valence-electron chi connectivity index (χ0n) is 9.67. The molecule has 0 aliphatic carbocycles. The number of carbonyl (C=O) groups is 1. The molecule has 0 heterocycles. The Morgan fingerprint density at radius 3 is 2.50 bits per heavy atom. The van der Waals surface area contributed by atoms with Gasteiger partial charge in [-0.05, 0) is 48.2 Å². The van der Waals surface area contributed by atoms with Gasteiger partial charge in [0.05, 0.1) is 14.2 Å². The van der Waals surface area contributed by atoms with E-state index < -0.39 is 0 Å². The van der Waals surface area contributed by atoms with Crippen LogP contribution in [0.15, 0.2) is 12.1 Å². The Kier molecular flexibility index (Phi) is 4.62. The highest BCUT2D eigenvalue weighted by molar-refractivity contribution is 6.63. The minimum Gasteiger partial charge on any atom is -0.497 e. The van der Waals surface area contributed by atoms with Crippen LogP contribution in [0.25, 0.3) is 0 Å². The first-order chi connectivity index (χ1) is 7.58. The molecule has 16 heavy (non-hydrogen) atoms. The summed E-state index contributed by atoms with van der Waals surface area (Å²) in [6.07, 6.45) is 0.855. The highest BCUT2D eigenvalue weighted by atomic mass is 35.5. The maximum Gasteiger partial charge on any atom is 0.221 e. The van der Waals surface area contributed by atoms with Crippen molar-refractivity contribution in [3.05, 3.63) is 23.3 Å². The fourth-order valence-corrected chi connectivity index (χ4v) is 1.73. The molecule has 0 fully saturated rings. The lowest BCUT2D eigenvalue weighted by Crippen LogP contribution is -1.99. The summed E-state index contributed by atoms with van der Waals surface area (Å²) in [6.45, 7) is 1.94. The van der Waals surface area contributed by atoms with E-state index in [0.29, 0.717) is 12.8 Å². The lowest BCUT2D eigenvalue weighted by atomic mass is 10.0. The Balaban J connectivity index is 3.02. The third-order valence-electron chi connectivity index (χ3n) is 2.36. The van der Waals surface area contributed by atoms with Crippen molar-refractivity contribution < 1.29 is 14.3 Å². The molecule has 88 valence electrons. The number of halogens is 1.